The van der Waals surface area contributed by atoms with Crippen molar-refractivity contribution in [2.45, 2.75) is 19.9 Å². The molecule has 20 heavy (non-hydrogen) atoms. The molecule has 0 radical (unpaired) electrons. The van der Waals surface area contributed by atoms with Gasteiger partial charge in [0.1, 0.15) is 0 Å². The van der Waals surface area contributed by atoms with Crippen LogP contribution in [0.5, 0.6) is 0 Å². The van der Waals surface area contributed by atoms with Gasteiger partial charge in [-0.2, -0.15) is 0 Å². The molecule has 2 N–H and O–H groups in total. The van der Waals surface area contributed by atoms with Crippen LogP contribution in [0.1, 0.15) is 22.9 Å². The van der Waals surface area contributed by atoms with Crippen LogP contribution in [-0.2, 0) is 13.0 Å². The Hall–Kier alpha value is -1.76. The molecule has 0 aliphatic rings. The highest BCUT2D eigenvalue weighted by molar-refractivity contribution is 7.10. The predicted molar refractivity (Wildman–Crippen MR) is 88.2 cm³/mol. The van der Waals surface area contributed by atoms with Gasteiger partial charge in [0.25, 0.3) is 0 Å². The van der Waals surface area contributed by atoms with Gasteiger partial charge in [0.15, 0.2) is 0 Å². The molecule has 0 saturated carbocycles. The zero-order chi connectivity index (χ0) is 14.4. The third kappa shape index (κ3) is 3.63. The average molecular weight is 284 g/mol. The first-order valence-electron chi connectivity index (χ1n) is 6.80. The first kappa shape index (κ1) is 14.6. The summed E-state index contributed by atoms with van der Waals surface area (Å²) in [5.74, 6) is 6.06. The summed E-state index contributed by atoms with van der Waals surface area (Å²) in [4.78, 5) is 3.53. The van der Waals surface area contributed by atoms with Crippen molar-refractivity contribution in [1.29, 1.82) is 0 Å². The normalized spacial score (nSPS) is 9.95. The van der Waals surface area contributed by atoms with E-state index >= 15 is 0 Å². The SMILES string of the molecule is CCc1ccc(N(C)Cc2sccc2C#CCN)cc1. The molecule has 1 aromatic heterocycles. The second-order valence-corrected chi connectivity index (χ2v) is 5.64. The number of anilines is 1. The molecule has 0 amide bonds. The van der Waals surface area contributed by atoms with Crippen LogP contribution in [0.2, 0.25) is 0 Å². The van der Waals surface area contributed by atoms with Gasteiger partial charge in [0, 0.05) is 23.2 Å². The number of nitrogens with two attached hydrogens (primary N) is 1. The predicted octanol–water partition coefficient (Wildman–Crippen LogP) is 3.26. The number of rotatable bonds is 4. The van der Waals surface area contributed by atoms with Crippen molar-refractivity contribution >= 4 is 17.0 Å². The average Bonchev–Trinajstić information content (AvgIpc) is 2.92. The maximum atomic E-state index is 5.43. The molecule has 0 aliphatic heterocycles. The van der Waals surface area contributed by atoms with Crippen LogP contribution in [0, 0.1) is 11.8 Å². The van der Waals surface area contributed by atoms with E-state index in [1.807, 2.05) is 0 Å². The van der Waals surface area contributed by atoms with Crippen LogP contribution in [-0.4, -0.2) is 13.6 Å². The number of hydrogen-bond donors (Lipinski definition) is 1. The summed E-state index contributed by atoms with van der Waals surface area (Å²) in [6.07, 6.45) is 1.08. The van der Waals surface area contributed by atoms with Crippen LogP contribution >= 0.6 is 11.3 Å². The molecule has 0 fully saturated rings. The van der Waals surface area contributed by atoms with E-state index in [9.17, 15) is 0 Å². The fraction of sp³-hybridized carbons (Fsp3) is 0.294. The van der Waals surface area contributed by atoms with Gasteiger partial charge in [0.05, 0.1) is 13.1 Å². The molecular weight excluding hydrogens is 264 g/mol. The summed E-state index contributed by atoms with van der Waals surface area (Å²) in [6, 6.07) is 10.8. The van der Waals surface area contributed by atoms with Gasteiger partial charge >= 0.3 is 0 Å². The van der Waals surface area contributed by atoms with Gasteiger partial charge in [-0.3, -0.25) is 0 Å². The fourth-order valence-corrected chi connectivity index (χ4v) is 2.90. The second kappa shape index (κ2) is 7.14. The van der Waals surface area contributed by atoms with Crippen molar-refractivity contribution in [2.75, 3.05) is 18.5 Å². The molecule has 2 nitrogen and oxygen atoms in total. The van der Waals surface area contributed by atoms with E-state index in [1.54, 1.807) is 11.3 Å². The Labute approximate surface area is 125 Å². The van der Waals surface area contributed by atoms with Crippen LogP contribution in [0.25, 0.3) is 0 Å². The topological polar surface area (TPSA) is 29.3 Å². The van der Waals surface area contributed by atoms with Gasteiger partial charge in [-0.1, -0.05) is 30.9 Å². The van der Waals surface area contributed by atoms with Crippen molar-refractivity contribution in [3.05, 3.63) is 51.7 Å². The Kier molecular flexibility index (Phi) is 5.23. The highest BCUT2D eigenvalue weighted by Gasteiger charge is 2.07. The van der Waals surface area contributed by atoms with Gasteiger partial charge in [0.2, 0.25) is 0 Å². The van der Waals surface area contributed by atoms with Gasteiger partial charge < -0.3 is 10.6 Å². The molecule has 104 valence electrons. The minimum Gasteiger partial charge on any atom is -0.369 e. The summed E-state index contributed by atoms with van der Waals surface area (Å²) in [6.45, 7) is 3.45. The molecule has 0 spiro atoms. The molecule has 0 atom stereocenters. The molecule has 0 saturated heterocycles. The minimum absolute atomic E-state index is 0.406. The summed E-state index contributed by atoms with van der Waals surface area (Å²) < 4.78 is 0. The highest BCUT2D eigenvalue weighted by atomic mass is 32.1. The van der Waals surface area contributed by atoms with E-state index in [0.717, 1.165) is 18.5 Å². The molecule has 1 heterocycles. The molecule has 3 heteroatoms. The van der Waals surface area contributed by atoms with Crippen molar-refractivity contribution < 1.29 is 0 Å². The first-order chi connectivity index (χ1) is 9.74. The minimum atomic E-state index is 0.406. The summed E-state index contributed by atoms with van der Waals surface area (Å²) in [5.41, 5.74) is 9.13. The largest absolute Gasteiger partial charge is 0.369 e. The quantitative estimate of drug-likeness (QED) is 0.873. The molecule has 2 rings (SSSR count). The van der Waals surface area contributed by atoms with E-state index in [-0.39, 0.29) is 0 Å². The van der Waals surface area contributed by atoms with E-state index in [2.05, 4.69) is 66.4 Å². The lowest BCUT2D eigenvalue weighted by Crippen LogP contribution is -2.16. The Morgan fingerprint density at radius 3 is 2.60 bits per heavy atom. The Bertz CT molecular complexity index is 602. The van der Waals surface area contributed by atoms with Gasteiger partial charge in [-0.05, 0) is 35.6 Å². The third-order valence-corrected chi connectivity index (χ3v) is 4.14. The lowest BCUT2D eigenvalue weighted by atomic mass is 10.1. The fourth-order valence-electron chi connectivity index (χ4n) is 2.01. The van der Waals surface area contributed by atoms with Crippen molar-refractivity contribution in [3.63, 3.8) is 0 Å². The second-order valence-electron chi connectivity index (χ2n) is 4.64. The summed E-state index contributed by atoms with van der Waals surface area (Å²) >= 11 is 1.75. The van der Waals surface area contributed by atoms with Crippen LogP contribution in [0.15, 0.2) is 35.7 Å². The van der Waals surface area contributed by atoms with Crippen LogP contribution in [0.4, 0.5) is 5.69 Å². The van der Waals surface area contributed by atoms with E-state index in [0.29, 0.717) is 6.54 Å². The van der Waals surface area contributed by atoms with Crippen molar-refractivity contribution in [3.8, 4) is 11.8 Å². The Morgan fingerprint density at radius 2 is 1.95 bits per heavy atom. The van der Waals surface area contributed by atoms with Gasteiger partial charge in [-0.25, -0.2) is 0 Å². The van der Waals surface area contributed by atoms with Crippen LogP contribution < -0.4 is 10.6 Å². The molecule has 0 unspecified atom stereocenters. The first-order valence-corrected chi connectivity index (χ1v) is 7.68. The number of nitrogens with zero attached hydrogens (tertiary/aromatic N) is 1. The number of thiophene rings is 1. The number of benzene rings is 1. The van der Waals surface area contributed by atoms with Gasteiger partial charge in [-0.15, -0.1) is 11.3 Å². The van der Waals surface area contributed by atoms with Crippen molar-refractivity contribution in [2.24, 2.45) is 5.73 Å². The van der Waals surface area contributed by atoms with Crippen molar-refractivity contribution in [1.82, 2.24) is 0 Å². The Balaban J connectivity index is 2.10. The molecule has 0 bridgehead atoms. The number of hydrogen-bond acceptors (Lipinski definition) is 3. The maximum absolute atomic E-state index is 5.43. The number of aryl methyl sites for hydroxylation is 1. The molecule has 2 aromatic rings. The lowest BCUT2D eigenvalue weighted by molar-refractivity contribution is 0.936. The highest BCUT2D eigenvalue weighted by Crippen LogP contribution is 2.21. The van der Waals surface area contributed by atoms with E-state index in [4.69, 9.17) is 5.73 Å². The smallest absolute Gasteiger partial charge is 0.0555 e. The Morgan fingerprint density at radius 1 is 1.20 bits per heavy atom. The maximum Gasteiger partial charge on any atom is 0.0555 e. The zero-order valence-corrected chi connectivity index (χ0v) is 12.8. The molecule has 1 aromatic carbocycles. The van der Waals surface area contributed by atoms with E-state index in [1.165, 1.54) is 16.1 Å². The van der Waals surface area contributed by atoms with Crippen LogP contribution in [0.3, 0.4) is 0 Å². The lowest BCUT2D eigenvalue weighted by Gasteiger charge is -2.19. The monoisotopic (exact) mass is 284 g/mol. The van der Waals surface area contributed by atoms with E-state index < -0.39 is 0 Å². The molecular formula is C17H20N2S. The summed E-state index contributed by atoms with van der Waals surface area (Å²) in [5, 5.41) is 2.09. The zero-order valence-electron chi connectivity index (χ0n) is 12.0. The molecule has 0 aliphatic carbocycles. The third-order valence-electron chi connectivity index (χ3n) is 3.24. The summed E-state index contributed by atoms with van der Waals surface area (Å²) in [7, 11) is 2.11. The standard InChI is InChI=1S/C17H20N2S/c1-3-14-6-8-16(9-7-14)19(2)13-17-15(5-4-11-18)10-12-20-17/h6-10,12H,3,11,13,18H2,1-2H3.